The maximum Gasteiger partial charge on any atom is 1.00 e. The van der Waals surface area contributed by atoms with E-state index in [9.17, 15) is 9.18 Å². The number of hydrogen-bond donors (Lipinski definition) is 1. The van der Waals surface area contributed by atoms with Crippen LogP contribution in [0.2, 0.25) is 0 Å². The molecule has 1 aliphatic carbocycles. The maximum absolute atomic E-state index is 13.4. The van der Waals surface area contributed by atoms with Gasteiger partial charge in [0.2, 0.25) is 0 Å². The molecule has 4 radical (unpaired) electrons. The Balaban J connectivity index is 0.000000640. The van der Waals surface area contributed by atoms with E-state index in [1.54, 1.807) is 12.1 Å². The third kappa shape index (κ3) is 1.68. The van der Waals surface area contributed by atoms with Crippen LogP contribution in [0.1, 0.15) is 15.9 Å². The number of Topliss-reactive ketones (excluding diaryl/α,β-unsaturated/α-hetero) is 1. The average molecular weight is 225 g/mol. The molecule has 0 bridgehead atoms. The standard InChI is InChI=1S/C11H10FNO.B.Na/c12-9-3-1-2-7-8(9)4-11(10(7)14)5-13-6-11;;/h1-3,13H,4-6H2;;/q;-1;+1. The van der Waals surface area contributed by atoms with E-state index in [4.69, 9.17) is 0 Å². The van der Waals surface area contributed by atoms with Gasteiger partial charge in [0.25, 0.3) is 0 Å². The van der Waals surface area contributed by atoms with E-state index in [0.717, 1.165) is 0 Å². The molecule has 16 heavy (non-hydrogen) atoms. The number of benzene rings is 1. The molecule has 2 aliphatic rings. The van der Waals surface area contributed by atoms with Crippen molar-refractivity contribution >= 4 is 14.2 Å². The fourth-order valence-electron chi connectivity index (χ4n) is 2.37. The van der Waals surface area contributed by atoms with Crippen LogP contribution in [0.5, 0.6) is 0 Å². The molecule has 1 spiro atoms. The summed E-state index contributed by atoms with van der Waals surface area (Å²) in [4.78, 5) is 11.9. The molecule has 2 nitrogen and oxygen atoms in total. The molecule has 1 saturated heterocycles. The van der Waals surface area contributed by atoms with Gasteiger partial charge in [-0.2, -0.15) is 0 Å². The number of carbonyl (C=O) groups excluding carboxylic acids is 1. The summed E-state index contributed by atoms with van der Waals surface area (Å²) in [7, 11) is 0. The molecule has 5 heteroatoms. The van der Waals surface area contributed by atoms with E-state index in [-0.39, 0.29) is 55.0 Å². The zero-order valence-corrected chi connectivity index (χ0v) is 11.2. The van der Waals surface area contributed by atoms with Gasteiger partial charge < -0.3 is 13.7 Å². The Morgan fingerprint density at radius 1 is 1.31 bits per heavy atom. The topological polar surface area (TPSA) is 29.1 Å². The van der Waals surface area contributed by atoms with Crippen LogP contribution in [0.3, 0.4) is 0 Å². The van der Waals surface area contributed by atoms with Crippen LogP contribution in [-0.2, 0) is 6.42 Å². The summed E-state index contributed by atoms with van der Waals surface area (Å²) in [5.41, 5.74) is 0.885. The quantitative estimate of drug-likeness (QED) is 0.506. The predicted molar refractivity (Wildman–Crippen MR) is 55.5 cm³/mol. The van der Waals surface area contributed by atoms with Crippen molar-refractivity contribution in [3.05, 3.63) is 35.1 Å². The van der Waals surface area contributed by atoms with Crippen LogP contribution in [0.25, 0.3) is 0 Å². The van der Waals surface area contributed by atoms with E-state index in [1.165, 1.54) is 6.07 Å². The Bertz CT molecular complexity index is 434. The van der Waals surface area contributed by atoms with Crippen molar-refractivity contribution in [2.75, 3.05) is 13.1 Å². The third-order valence-corrected chi connectivity index (χ3v) is 3.29. The maximum atomic E-state index is 13.4. The average Bonchev–Trinajstić information content (AvgIpc) is 2.41. The molecular weight excluding hydrogens is 215 g/mol. The van der Waals surface area contributed by atoms with Gasteiger partial charge in [-0.15, -0.1) is 0 Å². The van der Waals surface area contributed by atoms with Gasteiger partial charge >= 0.3 is 29.6 Å². The smallest absolute Gasteiger partial charge is 1.00 e. The summed E-state index contributed by atoms with van der Waals surface area (Å²) in [5, 5.41) is 3.09. The third-order valence-electron chi connectivity index (χ3n) is 3.29. The predicted octanol–water partition coefficient (Wildman–Crippen LogP) is -2.22. The van der Waals surface area contributed by atoms with Crippen molar-refractivity contribution in [2.24, 2.45) is 5.41 Å². The minimum Gasteiger partial charge on any atom is -1.00 e. The molecule has 76 valence electrons. The number of fused-ring (bicyclic) bond motifs is 1. The van der Waals surface area contributed by atoms with Gasteiger partial charge in [0.1, 0.15) is 5.82 Å². The SMILES string of the molecule is O=C1c2cccc(F)c2CC12CNC2.[B-].[Na+]. The van der Waals surface area contributed by atoms with Crippen molar-refractivity contribution in [3.8, 4) is 0 Å². The summed E-state index contributed by atoms with van der Waals surface area (Å²) >= 11 is 0. The van der Waals surface area contributed by atoms with Gasteiger partial charge in [0, 0.05) is 18.7 Å². The Labute approximate surface area is 118 Å². The van der Waals surface area contributed by atoms with Gasteiger partial charge in [0.15, 0.2) is 5.78 Å². The van der Waals surface area contributed by atoms with E-state index in [1.807, 2.05) is 0 Å². The van der Waals surface area contributed by atoms with Crippen LogP contribution < -0.4 is 34.9 Å². The van der Waals surface area contributed by atoms with Gasteiger partial charge in [-0.3, -0.25) is 4.79 Å². The first kappa shape index (κ1) is 13.9. The minimum atomic E-state index is -0.315. The first-order valence-corrected chi connectivity index (χ1v) is 4.76. The summed E-state index contributed by atoms with van der Waals surface area (Å²) in [6, 6.07) is 4.77. The zero-order chi connectivity index (χ0) is 9.76. The van der Waals surface area contributed by atoms with E-state index < -0.39 is 0 Å². The van der Waals surface area contributed by atoms with Gasteiger partial charge in [-0.1, -0.05) is 12.1 Å². The molecule has 1 aliphatic heterocycles. The van der Waals surface area contributed by atoms with Gasteiger partial charge in [0.05, 0.1) is 5.41 Å². The first-order chi connectivity index (χ1) is 6.73. The molecule has 1 aromatic rings. The molecule has 1 heterocycles. The Morgan fingerprint density at radius 3 is 2.50 bits per heavy atom. The second-order valence-electron chi connectivity index (χ2n) is 4.16. The number of ketones is 1. The molecule has 0 unspecified atom stereocenters. The molecular formula is C11H10BFNNaO. The summed E-state index contributed by atoms with van der Waals surface area (Å²) in [5.74, 6) is -0.120. The fourth-order valence-corrected chi connectivity index (χ4v) is 2.37. The minimum absolute atomic E-state index is 0. The second kappa shape index (κ2) is 4.61. The molecule has 0 saturated carbocycles. The number of hydrogen-bond acceptors (Lipinski definition) is 2. The molecule has 0 atom stereocenters. The van der Waals surface area contributed by atoms with Crippen LogP contribution in [0.15, 0.2) is 18.2 Å². The molecule has 0 amide bonds. The summed E-state index contributed by atoms with van der Waals surface area (Å²) < 4.78 is 13.4. The van der Waals surface area contributed by atoms with Gasteiger partial charge in [-0.25, -0.2) is 4.39 Å². The number of nitrogens with one attached hydrogen (secondary N) is 1. The van der Waals surface area contributed by atoms with Crippen molar-refractivity contribution in [1.82, 2.24) is 5.32 Å². The normalized spacial score (nSPS) is 19.4. The zero-order valence-electron chi connectivity index (χ0n) is 9.22. The van der Waals surface area contributed by atoms with Crippen molar-refractivity contribution < 1.29 is 38.7 Å². The number of rotatable bonds is 0. The molecule has 1 aromatic carbocycles. The second-order valence-corrected chi connectivity index (χ2v) is 4.16. The molecule has 3 rings (SSSR count). The Kier molecular flexibility index (Phi) is 4.01. The summed E-state index contributed by atoms with van der Waals surface area (Å²) in [6.07, 6.45) is 0.570. The van der Waals surface area contributed by atoms with Crippen LogP contribution >= 0.6 is 0 Å². The Hall–Kier alpha value is -0.155. The largest absolute Gasteiger partial charge is 1.00 e. The van der Waals surface area contributed by atoms with Crippen LogP contribution in [0.4, 0.5) is 4.39 Å². The molecule has 1 N–H and O–H groups in total. The van der Waals surface area contributed by atoms with Gasteiger partial charge in [-0.05, 0) is 18.1 Å². The van der Waals surface area contributed by atoms with E-state index in [0.29, 0.717) is 30.6 Å². The summed E-state index contributed by atoms with van der Waals surface area (Å²) in [6.45, 7) is 1.39. The van der Waals surface area contributed by atoms with Crippen LogP contribution in [0, 0.1) is 11.2 Å². The molecule has 1 fully saturated rings. The monoisotopic (exact) mass is 225 g/mol. The van der Waals surface area contributed by atoms with Crippen molar-refractivity contribution in [1.29, 1.82) is 0 Å². The number of halogens is 1. The van der Waals surface area contributed by atoms with E-state index in [2.05, 4.69) is 5.32 Å². The van der Waals surface area contributed by atoms with Crippen molar-refractivity contribution in [2.45, 2.75) is 6.42 Å². The van der Waals surface area contributed by atoms with E-state index >= 15 is 0 Å². The molecule has 0 aromatic heterocycles. The first-order valence-electron chi connectivity index (χ1n) is 4.76. The van der Waals surface area contributed by atoms with Crippen molar-refractivity contribution in [3.63, 3.8) is 0 Å². The number of carbonyl (C=O) groups is 1. The fraction of sp³-hybridized carbons (Fsp3) is 0.364. The Morgan fingerprint density at radius 2 is 2.00 bits per heavy atom. The van der Waals surface area contributed by atoms with Crippen LogP contribution in [-0.4, -0.2) is 27.3 Å².